The van der Waals surface area contributed by atoms with Gasteiger partial charge in [0.2, 0.25) is 0 Å². The Labute approximate surface area is 113 Å². The zero-order valence-electron chi connectivity index (χ0n) is 12.3. The monoisotopic (exact) mass is 250 g/mol. The van der Waals surface area contributed by atoms with E-state index in [0.29, 0.717) is 11.1 Å². The maximum absolute atomic E-state index is 3.96. The van der Waals surface area contributed by atoms with Crippen LogP contribution in [0.5, 0.6) is 0 Å². The first-order valence-corrected chi connectivity index (χ1v) is 8.19. The molecule has 0 aromatic heterocycles. The second kappa shape index (κ2) is 4.79. The zero-order chi connectivity index (χ0) is 12.6. The van der Waals surface area contributed by atoms with Crippen molar-refractivity contribution in [2.45, 2.75) is 76.3 Å². The van der Waals surface area contributed by atoms with Crippen LogP contribution in [-0.4, -0.2) is 35.6 Å². The summed E-state index contributed by atoms with van der Waals surface area (Å²) in [6.07, 6.45) is 11.4. The Hall–Kier alpha value is -0.0800. The molecule has 2 heteroatoms. The van der Waals surface area contributed by atoms with Crippen LogP contribution in [0.3, 0.4) is 0 Å². The van der Waals surface area contributed by atoms with E-state index in [-0.39, 0.29) is 0 Å². The highest BCUT2D eigenvalue weighted by atomic mass is 15.3. The van der Waals surface area contributed by atoms with Crippen LogP contribution in [0, 0.1) is 5.92 Å². The van der Waals surface area contributed by atoms with Crippen molar-refractivity contribution in [3.05, 3.63) is 0 Å². The number of piperazine rings is 1. The Balaban J connectivity index is 1.75. The van der Waals surface area contributed by atoms with Gasteiger partial charge in [-0.2, -0.15) is 0 Å². The highest BCUT2D eigenvalue weighted by Gasteiger charge is 2.50. The molecule has 3 aliphatic rings. The summed E-state index contributed by atoms with van der Waals surface area (Å²) < 4.78 is 0. The van der Waals surface area contributed by atoms with Gasteiger partial charge in [0.15, 0.2) is 0 Å². The summed E-state index contributed by atoms with van der Waals surface area (Å²) in [5.41, 5.74) is 0.931. The lowest BCUT2D eigenvalue weighted by Gasteiger charge is -2.56. The van der Waals surface area contributed by atoms with Gasteiger partial charge in [0.25, 0.3) is 0 Å². The summed E-state index contributed by atoms with van der Waals surface area (Å²) in [6, 6.07) is 0. The number of nitrogens with zero attached hydrogens (tertiary/aromatic N) is 1. The average Bonchev–Trinajstić information content (AvgIpc) is 3.21. The van der Waals surface area contributed by atoms with Crippen molar-refractivity contribution in [1.29, 1.82) is 0 Å². The van der Waals surface area contributed by atoms with Gasteiger partial charge in [-0.1, -0.05) is 26.2 Å². The number of rotatable bonds is 3. The normalized spacial score (nSPS) is 37.0. The fraction of sp³-hybridized carbons (Fsp3) is 1.00. The quantitative estimate of drug-likeness (QED) is 0.827. The first-order valence-electron chi connectivity index (χ1n) is 8.19. The molecule has 0 amide bonds. The third-order valence-electron chi connectivity index (χ3n) is 5.77. The van der Waals surface area contributed by atoms with Gasteiger partial charge in [-0.15, -0.1) is 0 Å². The van der Waals surface area contributed by atoms with E-state index in [2.05, 4.69) is 24.1 Å². The van der Waals surface area contributed by atoms with Crippen molar-refractivity contribution in [3.63, 3.8) is 0 Å². The van der Waals surface area contributed by atoms with Gasteiger partial charge in [0.05, 0.1) is 0 Å². The van der Waals surface area contributed by atoms with Crippen LogP contribution in [0.25, 0.3) is 0 Å². The minimum atomic E-state index is 0.415. The van der Waals surface area contributed by atoms with E-state index in [1.54, 1.807) is 0 Å². The Morgan fingerprint density at radius 1 is 1.17 bits per heavy atom. The second-order valence-corrected chi connectivity index (χ2v) is 7.25. The van der Waals surface area contributed by atoms with Gasteiger partial charge in [-0.05, 0) is 51.5 Å². The predicted octanol–water partition coefficient (Wildman–Crippen LogP) is 3.17. The van der Waals surface area contributed by atoms with Crippen LogP contribution in [0.2, 0.25) is 0 Å². The highest BCUT2D eigenvalue weighted by molar-refractivity contribution is 5.09. The standard InChI is InChI=1S/C16H30N2/c1-3-11-18-13-15(2,14-7-8-14)17-12-16(18)9-5-4-6-10-16/h14,17H,3-13H2,1-2H3. The molecule has 1 N–H and O–H groups in total. The minimum Gasteiger partial charge on any atom is -0.308 e. The molecular weight excluding hydrogens is 220 g/mol. The molecule has 1 saturated heterocycles. The number of hydrogen-bond acceptors (Lipinski definition) is 2. The first-order chi connectivity index (χ1) is 8.69. The van der Waals surface area contributed by atoms with Crippen LogP contribution in [0.15, 0.2) is 0 Å². The summed E-state index contributed by atoms with van der Waals surface area (Å²) in [4.78, 5) is 2.88. The van der Waals surface area contributed by atoms with E-state index in [1.807, 2.05) is 0 Å². The molecule has 0 aromatic rings. The molecule has 1 spiro atoms. The van der Waals surface area contributed by atoms with Crippen molar-refractivity contribution in [2.75, 3.05) is 19.6 Å². The molecular formula is C16H30N2. The molecule has 0 bridgehead atoms. The molecule has 104 valence electrons. The molecule has 3 rings (SSSR count). The molecule has 1 aliphatic heterocycles. The lowest BCUT2D eigenvalue weighted by atomic mass is 9.75. The summed E-state index contributed by atoms with van der Waals surface area (Å²) >= 11 is 0. The van der Waals surface area contributed by atoms with Gasteiger partial charge in [-0.25, -0.2) is 0 Å². The number of hydrogen-bond donors (Lipinski definition) is 1. The molecule has 0 radical (unpaired) electrons. The van der Waals surface area contributed by atoms with Crippen LogP contribution in [0.4, 0.5) is 0 Å². The summed E-state index contributed by atoms with van der Waals surface area (Å²) in [7, 11) is 0. The molecule has 1 unspecified atom stereocenters. The van der Waals surface area contributed by atoms with Crippen molar-refractivity contribution in [2.24, 2.45) is 5.92 Å². The molecule has 2 aliphatic carbocycles. The molecule has 2 saturated carbocycles. The maximum atomic E-state index is 3.96. The predicted molar refractivity (Wildman–Crippen MR) is 76.8 cm³/mol. The van der Waals surface area contributed by atoms with Gasteiger partial charge in [0, 0.05) is 24.2 Å². The Morgan fingerprint density at radius 2 is 1.89 bits per heavy atom. The van der Waals surface area contributed by atoms with Crippen molar-refractivity contribution in [1.82, 2.24) is 10.2 Å². The molecule has 18 heavy (non-hydrogen) atoms. The number of nitrogens with one attached hydrogen (secondary N) is 1. The van der Waals surface area contributed by atoms with Crippen molar-refractivity contribution >= 4 is 0 Å². The van der Waals surface area contributed by atoms with Gasteiger partial charge in [0.1, 0.15) is 0 Å². The Bertz CT molecular complexity index is 291. The lowest BCUT2D eigenvalue weighted by molar-refractivity contribution is -0.0203. The smallest absolute Gasteiger partial charge is 0.0334 e. The van der Waals surface area contributed by atoms with E-state index < -0.39 is 0 Å². The van der Waals surface area contributed by atoms with E-state index in [0.717, 1.165) is 5.92 Å². The summed E-state index contributed by atoms with van der Waals surface area (Å²) in [5.74, 6) is 0.956. The Kier molecular flexibility index (Phi) is 3.44. The lowest BCUT2D eigenvalue weighted by Crippen LogP contribution is -2.70. The second-order valence-electron chi connectivity index (χ2n) is 7.25. The summed E-state index contributed by atoms with van der Waals surface area (Å²) in [6.45, 7) is 8.67. The van der Waals surface area contributed by atoms with Crippen LogP contribution >= 0.6 is 0 Å². The van der Waals surface area contributed by atoms with E-state index >= 15 is 0 Å². The van der Waals surface area contributed by atoms with Gasteiger partial charge in [-0.3, -0.25) is 4.90 Å². The molecule has 0 aromatic carbocycles. The van der Waals surface area contributed by atoms with E-state index in [9.17, 15) is 0 Å². The SMILES string of the molecule is CCCN1CC(C)(C2CC2)NCC12CCCCC2. The molecule has 1 atom stereocenters. The third-order valence-corrected chi connectivity index (χ3v) is 5.77. The zero-order valence-corrected chi connectivity index (χ0v) is 12.3. The fourth-order valence-electron chi connectivity index (χ4n) is 4.38. The molecule has 2 nitrogen and oxygen atoms in total. The van der Waals surface area contributed by atoms with Crippen LogP contribution in [-0.2, 0) is 0 Å². The third kappa shape index (κ3) is 2.22. The Morgan fingerprint density at radius 3 is 2.50 bits per heavy atom. The van der Waals surface area contributed by atoms with Gasteiger partial charge < -0.3 is 5.32 Å². The highest BCUT2D eigenvalue weighted by Crippen LogP contribution is 2.45. The van der Waals surface area contributed by atoms with Crippen LogP contribution in [0.1, 0.15) is 65.2 Å². The van der Waals surface area contributed by atoms with E-state index in [1.165, 1.54) is 71.0 Å². The first kappa shape index (κ1) is 12.9. The largest absolute Gasteiger partial charge is 0.308 e. The fourth-order valence-corrected chi connectivity index (χ4v) is 4.38. The maximum Gasteiger partial charge on any atom is 0.0334 e. The average molecular weight is 250 g/mol. The van der Waals surface area contributed by atoms with Crippen LogP contribution < -0.4 is 5.32 Å². The molecule has 1 heterocycles. The van der Waals surface area contributed by atoms with E-state index in [4.69, 9.17) is 0 Å². The van der Waals surface area contributed by atoms with Gasteiger partial charge >= 0.3 is 0 Å². The topological polar surface area (TPSA) is 15.3 Å². The van der Waals surface area contributed by atoms with Crippen molar-refractivity contribution < 1.29 is 0 Å². The van der Waals surface area contributed by atoms with Crippen molar-refractivity contribution in [3.8, 4) is 0 Å². The summed E-state index contributed by atoms with van der Waals surface area (Å²) in [5, 5.41) is 3.96. The molecule has 3 fully saturated rings. The minimum absolute atomic E-state index is 0.415.